The Balaban J connectivity index is 1.38. The SMILES string of the molecule is O=Cc1cccn1-c1nnc(N2CCC(C(=O)N3CCOCC3)CC2)s1. The molecule has 0 aliphatic carbocycles. The van der Waals surface area contributed by atoms with E-state index in [1.807, 2.05) is 11.0 Å². The number of amides is 1. The van der Waals surface area contributed by atoms with E-state index in [4.69, 9.17) is 4.74 Å². The Morgan fingerprint density at radius 1 is 1.15 bits per heavy atom. The lowest BCUT2D eigenvalue weighted by Crippen LogP contribution is -2.46. The molecule has 0 N–H and O–H groups in total. The quantitative estimate of drug-likeness (QED) is 0.748. The van der Waals surface area contributed by atoms with Crippen molar-refractivity contribution in [1.29, 1.82) is 0 Å². The number of aldehydes is 1. The summed E-state index contributed by atoms with van der Waals surface area (Å²) in [5.41, 5.74) is 0.558. The van der Waals surface area contributed by atoms with Gasteiger partial charge in [0.1, 0.15) is 0 Å². The van der Waals surface area contributed by atoms with Crippen LogP contribution >= 0.6 is 11.3 Å². The van der Waals surface area contributed by atoms with Gasteiger partial charge < -0.3 is 14.5 Å². The second-order valence-corrected chi connectivity index (χ2v) is 7.42. The van der Waals surface area contributed by atoms with Gasteiger partial charge in [-0.25, -0.2) is 0 Å². The molecule has 4 rings (SSSR count). The monoisotopic (exact) mass is 375 g/mol. The molecule has 26 heavy (non-hydrogen) atoms. The van der Waals surface area contributed by atoms with Gasteiger partial charge in [0.15, 0.2) is 6.29 Å². The van der Waals surface area contributed by atoms with Crippen molar-refractivity contribution in [3.63, 3.8) is 0 Å². The fraction of sp³-hybridized carbons (Fsp3) is 0.529. The Hall–Kier alpha value is -2.26. The summed E-state index contributed by atoms with van der Waals surface area (Å²) in [5.74, 6) is 0.344. The number of morpholine rings is 1. The van der Waals surface area contributed by atoms with Crippen LogP contribution in [0.2, 0.25) is 0 Å². The summed E-state index contributed by atoms with van der Waals surface area (Å²) in [7, 11) is 0. The summed E-state index contributed by atoms with van der Waals surface area (Å²) in [5, 5.41) is 10.0. The maximum Gasteiger partial charge on any atom is 0.225 e. The molecule has 8 nitrogen and oxygen atoms in total. The minimum absolute atomic E-state index is 0.0860. The molecule has 0 aromatic carbocycles. The van der Waals surface area contributed by atoms with Crippen molar-refractivity contribution < 1.29 is 14.3 Å². The summed E-state index contributed by atoms with van der Waals surface area (Å²) >= 11 is 1.46. The number of ether oxygens (including phenoxy) is 1. The topological polar surface area (TPSA) is 80.6 Å². The van der Waals surface area contributed by atoms with E-state index in [1.165, 1.54) is 11.3 Å². The highest BCUT2D eigenvalue weighted by Gasteiger charge is 2.30. The lowest BCUT2D eigenvalue weighted by atomic mass is 9.95. The van der Waals surface area contributed by atoms with Crippen molar-refractivity contribution >= 4 is 28.7 Å². The molecular formula is C17H21N5O3S. The van der Waals surface area contributed by atoms with Crippen LogP contribution in [0.5, 0.6) is 0 Å². The highest BCUT2D eigenvalue weighted by Crippen LogP contribution is 2.29. The van der Waals surface area contributed by atoms with Crippen molar-refractivity contribution in [2.75, 3.05) is 44.3 Å². The molecule has 0 unspecified atom stereocenters. The van der Waals surface area contributed by atoms with E-state index in [2.05, 4.69) is 15.1 Å². The molecule has 0 spiro atoms. The Morgan fingerprint density at radius 2 is 1.88 bits per heavy atom. The van der Waals surface area contributed by atoms with Crippen molar-refractivity contribution in [1.82, 2.24) is 19.7 Å². The van der Waals surface area contributed by atoms with Gasteiger partial charge in [-0.15, -0.1) is 10.2 Å². The fourth-order valence-electron chi connectivity index (χ4n) is 3.46. The largest absolute Gasteiger partial charge is 0.378 e. The molecule has 2 saturated heterocycles. The maximum absolute atomic E-state index is 12.6. The first-order valence-electron chi connectivity index (χ1n) is 8.84. The molecule has 138 valence electrons. The van der Waals surface area contributed by atoms with E-state index in [9.17, 15) is 9.59 Å². The first kappa shape index (κ1) is 17.2. The third kappa shape index (κ3) is 3.36. The Morgan fingerprint density at radius 3 is 2.62 bits per heavy atom. The number of hydrogen-bond donors (Lipinski definition) is 0. The summed E-state index contributed by atoms with van der Waals surface area (Å²) in [6, 6.07) is 3.56. The van der Waals surface area contributed by atoms with E-state index in [1.54, 1.807) is 16.8 Å². The Labute approximate surface area is 155 Å². The maximum atomic E-state index is 12.6. The average molecular weight is 375 g/mol. The first-order chi connectivity index (χ1) is 12.8. The van der Waals surface area contributed by atoms with E-state index < -0.39 is 0 Å². The number of nitrogens with zero attached hydrogens (tertiary/aromatic N) is 5. The highest BCUT2D eigenvalue weighted by atomic mass is 32.1. The van der Waals surface area contributed by atoms with Gasteiger partial charge in [-0.3, -0.25) is 14.2 Å². The van der Waals surface area contributed by atoms with Crippen LogP contribution in [0.3, 0.4) is 0 Å². The Bertz CT molecular complexity index is 775. The summed E-state index contributed by atoms with van der Waals surface area (Å²) < 4.78 is 7.06. The zero-order valence-corrected chi connectivity index (χ0v) is 15.2. The van der Waals surface area contributed by atoms with E-state index >= 15 is 0 Å². The van der Waals surface area contributed by atoms with Crippen molar-refractivity contribution in [3.05, 3.63) is 24.0 Å². The van der Waals surface area contributed by atoms with Crippen LogP contribution in [0.15, 0.2) is 18.3 Å². The van der Waals surface area contributed by atoms with Crippen LogP contribution < -0.4 is 4.90 Å². The standard InChI is InChI=1S/C17H21N5O3S/c23-12-14-2-1-5-22(14)17-19-18-16(26-17)21-6-3-13(4-7-21)15(24)20-8-10-25-11-9-20/h1-2,5,12-13H,3-4,6-11H2. The number of piperidine rings is 1. The number of aromatic nitrogens is 3. The molecule has 2 aromatic heterocycles. The number of carbonyl (C=O) groups is 2. The Kier molecular flexibility index (Phi) is 4.98. The van der Waals surface area contributed by atoms with Gasteiger partial charge in [0, 0.05) is 38.3 Å². The number of anilines is 1. The zero-order chi connectivity index (χ0) is 17.9. The summed E-state index contributed by atoms with van der Waals surface area (Å²) in [6.45, 7) is 4.27. The normalized spacial score (nSPS) is 18.9. The van der Waals surface area contributed by atoms with Gasteiger partial charge in [-0.2, -0.15) is 0 Å². The predicted molar refractivity (Wildman–Crippen MR) is 97.0 cm³/mol. The summed E-state index contributed by atoms with van der Waals surface area (Å²) in [6.07, 6.45) is 4.27. The first-order valence-corrected chi connectivity index (χ1v) is 9.66. The van der Waals surface area contributed by atoms with Crippen LogP contribution in [0.25, 0.3) is 5.13 Å². The van der Waals surface area contributed by atoms with Gasteiger partial charge in [0.2, 0.25) is 16.2 Å². The molecule has 2 aliphatic rings. The molecule has 0 atom stereocenters. The van der Waals surface area contributed by atoms with E-state index in [0.717, 1.165) is 37.3 Å². The molecule has 0 bridgehead atoms. The van der Waals surface area contributed by atoms with Crippen molar-refractivity contribution in [2.24, 2.45) is 5.92 Å². The summed E-state index contributed by atoms with van der Waals surface area (Å²) in [4.78, 5) is 27.8. The third-order valence-electron chi connectivity index (χ3n) is 4.95. The van der Waals surface area contributed by atoms with Gasteiger partial charge in [0.25, 0.3) is 0 Å². The molecule has 0 saturated carbocycles. The van der Waals surface area contributed by atoms with Crippen LogP contribution in [-0.4, -0.2) is 71.3 Å². The molecule has 2 aliphatic heterocycles. The third-order valence-corrected chi connectivity index (χ3v) is 5.93. The second kappa shape index (κ2) is 7.55. The van der Waals surface area contributed by atoms with Crippen LogP contribution in [0.1, 0.15) is 23.3 Å². The molecular weight excluding hydrogens is 354 g/mol. The van der Waals surface area contributed by atoms with Gasteiger partial charge in [-0.05, 0) is 25.0 Å². The molecule has 2 fully saturated rings. The number of hydrogen-bond acceptors (Lipinski definition) is 7. The number of rotatable bonds is 4. The predicted octanol–water partition coefficient (Wildman–Crippen LogP) is 1.22. The zero-order valence-electron chi connectivity index (χ0n) is 14.4. The lowest BCUT2D eigenvalue weighted by Gasteiger charge is -2.35. The van der Waals surface area contributed by atoms with E-state index in [0.29, 0.717) is 37.1 Å². The minimum atomic E-state index is 0.0860. The number of carbonyl (C=O) groups excluding carboxylic acids is 2. The van der Waals surface area contributed by atoms with Crippen LogP contribution in [-0.2, 0) is 9.53 Å². The fourth-order valence-corrected chi connectivity index (χ4v) is 4.36. The molecule has 9 heteroatoms. The molecule has 2 aromatic rings. The minimum Gasteiger partial charge on any atom is -0.378 e. The van der Waals surface area contributed by atoms with Gasteiger partial charge >= 0.3 is 0 Å². The lowest BCUT2D eigenvalue weighted by molar-refractivity contribution is -0.140. The second-order valence-electron chi connectivity index (χ2n) is 6.49. The van der Waals surface area contributed by atoms with Crippen molar-refractivity contribution in [3.8, 4) is 5.13 Å². The smallest absolute Gasteiger partial charge is 0.225 e. The van der Waals surface area contributed by atoms with Crippen molar-refractivity contribution in [2.45, 2.75) is 12.8 Å². The average Bonchev–Trinajstić information content (AvgIpc) is 3.37. The van der Waals surface area contributed by atoms with E-state index in [-0.39, 0.29) is 11.8 Å². The molecule has 4 heterocycles. The highest BCUT2D eigenvalue weighted by molar-refractivity contribution is 7.17. The van der Waals surface area contributed by atoms with Gasteiger partial charge in [-0.1, -0.05) is 11.3 Å². The van der Waals surface area contributed by atoms with Crippen LogP contribution in [0, 0.1) is 5.92 Å². The molecule has 1 amide bonds. The molecule has 0 radical (unpaired) electrons. The van der Waals surface area contributed by atoms with Crippen LogP contribution in [0.4, 0.5) is 5.13 Å². The van der Waals surface area contributed by atoms with Gasteiger partial charge in [0.05, 0.1) is 18.9 Å².